The van der Waals surface area contributed by atoms with E-state index in [0.717, 1.165) is 11.6 Å². The molecule has 146 valence electrons. The van der Waals surface area contributed by atoms with Crippen LogP contribution in [0.1, 0.15) is 36.3 Å². The Balaban J connectivity index is 1.44. The summed E-state index contributed by atoms with van der Waals surface area (Å²) < 4.78 is 27.1. The van der Waals surface area contributed by atoms with E-state index in [4.69, 9.17) is 0 Å². The van der Waals surface area contributed by atoms with Gasteiger partial charge in [0.1, 0.15) is 11.6 Å². The van der Waals surface area contributed by atoms with E-state index in [9.17, 15) is 23.5 Å². The Morgan fingerprint density at radius 1 is 1.04 bits per heavy atom. The van der Waals surface area contributed by atoms with Crippen LogP contribution in [0, 0.1) is 17.6 Å². The smallest absolute Gasteiger partial charge is 0.314 e. The molecule has 1 aliphatic carbocycles. The van der Waals surface area contributed by atoms with Crippen molar-refractivity contribution < 1.29 is 23.5 Å². The van der Waals surface area contributed by atoms with Crippen molar-refractivity contribution in [2.24, 2.45) is 5.92 Å². The van der Waals surface area contributed by atoms with Crippen LogP contribution in [-0.2, 0) is 15.0 Å². The first-order valence-corrected chi connectivity index (χ1v) is 9.45. The minimum atomic E-state index is -0.982. The third-order valence-corrected chi connectivity index (χ3v) is 6.13. The Labute approximate surface area is 161 Å². The molecular weight excluding hydrogens is 364 g/mol. The first-order chi connectivity index (χ1) is 13.4. The van der Waals surface area contributed by atoms with Crippen molar-refractivity contribution in [1.82, 2.24) is 4.90 Å². The molecule has 1 saturated heterocycles. The maximum absolute atomic E-state index is 14.0. The largest absolute Gasteiger partial charge is 0.481 e. The third-order valence-electron chi connectivity index (χ3n) is 6.13. The normalized spacial score (nSPS) is 23.3. The molecule has 4 rings (SSSR count). The minimum Gasteiger partial charge on any atom is -0.481 e. The number of carbonyl (C=O) groups excluding carboxylic acids is 1. The molecule has 0 aromatic heterocycles. The summed E-state index contributed by atoms with van der Waals surface area (Å²) in [5.41, 5.74) is 0.151. The lowest BCUT2D eigenvalue weighted by molar-refractivity contribution is -0.148. The maximum Gasteiger partial charge on any atom is 0.314 e. The summed E-state index contributed by atoms with van der Waals surface area (Å²) in [5.74, 6) is -2.73. The Morgan fingerprint density at radius 2 is 1.71 bits per heavy atom. The van der Waals surface area contributed by atoms with Gasteiger partial charge in [-0.05, 0) is 42.4 Å². The van der Waals surface area contributed by atoms with Gasteiger partial charge >= 0.3 is 5.97 Å². The van der Waals surface area contributed by atoms with E-state index < -0.39 is 23.0 Å². The van der Waals surface area contributed by atoms with Crippen LogP contribution in [0.3, 0.4) is 0 Å². The maximum atomic E-state index is 14.0. The summed E-state index contributed by atoms with van der Waals surface area (Å²) in [6.07, 6.45) is 1.24. The molecule has 28 heavy (non-hydrogen) atoms. The van der Waals surface area contributed by atoms with Crippen LogP contribution in [0.4, 0.5) is 8.78 Å². The standard InChI is InChI=1S/C22H21F2NO3/c23-15-6-7-16(19(24)12-15)17-13-18(17)20(26)25-10-8-22(9-11-25,21(27)28)14-4-2-1-3-5-14/h1-7,12,17-18H,8-11,13H2,(H,27,28)/t17-,18+/m1/s1. The van der Waals surface area contributed by atoms with E-state index in [0.29, 0.717) is 37.9 Å². The van der Waals surface area contributed by atoms with E-state index in [1.165, 1.54) is 12.1 Å². The summed E-state index contributed by atoms with van der Waals surface area (Å²) in [6, 6.07) is 12.6. The fraction of sp³-hybridized carbons (Fsp3) is 0.364. The summed E-state index contributed by atoms with van der Waals surface area (Å²) in [6.45, 7) is 0.713. The Morgan fingerprint density at radius 3 is 2.32 bits per heavy atom. The van der Waals surface area contributed by atoms with E-state index in [-0.39, 0.29) is 17.7 Å². The lowest BCUT2D eigenvalue weighted by atomic mass is 9.73. The summed E-state index contributed by atoms with van der Waals surface area (Å²) in [7, 11) is 0. The van der Waals surface area contributed by atoms with Gasteiger partial charge in [0, 0.05) is 25.1 Å². The molecule has 1 amide bonds. The highest BCUT2D eigenvalue weighted by Crippen LogP contribution is 2.50. The van der Waals surface area contributed by atoms with Crippen molar-refractivity contribution in [1.29, 1.82) is 0 Å². The highest BCUT2D eigenvalue weighted by molar-refractivity contribution is 5.85. The lowest BCUT2D eigenvalue weighted by Crippen LogP contribution is -2.49. The zero-order valence-corrected chi connectivity index (χ0v) is 15.3. The molecule has 4 nitrogen and oxygen atoms in total. The number of amides is 1. The van der Waals surface area contributed by atoms with Crippen molar-refractivity contribution >= 4 is 11.9 Å². The molecule has 0 unspecified atom stereocenters. The zero-order valence-electron chi connectivity index (χ0n) is 15.3. The molecule has 2 fully saturated rings. The fourth-order valence-electron chi connectivity index (χ4n) is 4.34. The number of nitrogens with zero attached hydrogens (tertiary/aromatic N) is 1. The van der Waals surface area contributed by atoms with Crippen LogP contribution in [0.25, 0.3) is 0 Å². The average Bonchev–Trinajstić information content (AvgIpc) is 3.48. The number of aliphatic carboxylic acids is 1. The molecule has 2 aromatic carbocycles. The van der Waals surface area contributed by atoms with Crippen molar-refractivity contribution in [2.45, 2.75) is 30.6 Å². The number of hydrogen-bond acceptors (Lipinski definition) is 2. The summed E-state index contributed by atoms with van der Waals surface area (Å²) in [4.78, 5) is 26.5. The van der Waals surface area contributed by atoms with Gasteiger partial charge in [-0.15, -0.1) is 0 Å². The van der Waals surface area contributed by atoms with Crippen molar-refractivity contribution in [3.63, 3.8) is 0 Å². The quantitative estimate of drug-likeness (QED) is 0.873. The molecule has 2 aromatic rings. The minimum absolute atomic E-state index is 0.0687. The monoisotopic (exact) mass is 385 g/mol. The molecule has 2 atom stereocenters. The van der Waals surface area contributed by atoms with Gasteiger partial charge < -0.3 is 10.0 Å². The molecular formula is C22H21F2NO3. The van der Waals surface area contributed by atoms with Crippen molar-refractivity contribution in [2.75, 3.05) is 13.1 Å². The van der Waals surface area contributed by atoms with E-state index in [2.05, 4.69) is 0 Å². The first-order valence-electron chi connectivity index (χ1n) is 9.45. The number of halogens is 2. The van der Waals surface area contributed by atoms with Gasteiger partial charge in [-0.3, -0.25) is 9.59 Å². The molecule has 0 spiro atoms. The lowest BCUT2D eigenvalue weighted by Gasteiger charge is -2.39. The molecule has 1 N–H and O–H groups in total. The number of hydrogen-bond donors (Lipinski definition) is 1. The van der Waals surface area contributed by atoms with Gasteiger partial charge in [-0.2, -0.15) is 0 Å². The second kappa shape index (κ2) is 7.00. The topological polar surface area (TPSA) is 57.6 Å². The number of benzene rings is 2. The second-order valence-electron chi connectivity index (χ2n) is 7.69. The molecule has 1 saturated carbocycles. The predicted molar refractivity (Wildman–Crippen MR) is 98.8 cm³/mol. The van der Waals surface area contributed by atoms with E-state index >= 15 is 0 Å². The number of carboxylic acids is 1. The molecule has 6 heteroatoms. The SMILES string of the molecule is O=C([C@H]1C[C@@H]1c1ccc(F)cc1F)N1CCC(C(=O)O)(c2ccccc2)CC1. The first kappa shape index (κ1) is 18.6. The third kappa shape index (κ3) is 3.17. The number of carboxylic acid groups (broad SMARTS) is 1. The van der Waals surface area contributed by atoms with Gasteiger partial charge in [0.2, 0.25) is 5.91 Å². The highest BCUT2D eigenvalue weighted by Gasteiger charge is 2.49. The molecule has 0 radical (unpaired) electrons. The van der Waals surface area contributed by atoms with E-state index in [1.54, 1.807) is 4.90 Å². The van der Waals surface area contributed by atoms with Crippen LogP contribution in [0.15, 0.2) is 48.5 Å². The van der Waals surface area contributed by atoms with Gasteiger partial charge in [-0.1, -0.05) is 36.4 Å². The van der Waals surface area contributed by atoms with Gasteiger partial charge in [0.25, 0.3) is 0 Å². The second-order valence-corrected chi connectivity index (χ2v) is 7.69. The number of likely N-dealkylation sites (tertiary alicyclic amines) is 1. The van der Waals surface area contributed by atoms with Gasteiger partial charge in [0.15, 0.2) is 0 Å². The van der Waals surface area contributed by atoms with Gasteiger partial charge in [0.05, 0.1) is 5.41 Å². The number of rotatable bonds is 4. The van der Waals surface area contributed by atoms with Crippen LogP contribution in [0.5, 0.6) is 0 Å². The van der Waals surface area contributed by atoms with Crippen LogP contribution < -0.4 is 0 Å². The summed E-state index contributed by atoms with van der Waals surface area (Å²) >= 11 is 0. The van der Waals surface area contributed by atoms with Crippen molar-refractivity contribution in [3.05, 3.63) is 71.3 Å². The summed E-state index contributed by atoms with van der Waals surface area (Å²) in [5, 5.41) is 9.86. The van der Waals surface area contributed by atoms with Crippen LogP contribution in [-0.4, -0.2) is 35.0 Å². The zero-order chi connectivity index (χ0) is 19.9. The van der Waals surface area contributed by atoms with Crippen LogP contribution in [0.2, 0.25) is 0 Å². The molecule has 2 aliphatic rings. The Hall–Kier alpha value is -2.76. The molecule has 1 aliphatic heterocycles. The van der Waals surface area contributed by atoms with Crippen molar-refractivity contribution in [3.8, 4) is 0 Å². The number of carbonyl (C=O) groups is 2. The molecule has 1 heterocycles. The predicted octanol–water partition coefficient (Wildman–Crippen LogP) is 3.71. The Bertz CT molecular complexity index is 907. The van der Waals surface area contributed by atoms with E-state index in [1.807, 2.05) is 30.3 Å². The fourth-order valence-corrected chi connectivity index (χ4v) is 4.34. The highest BCUT2D eigenvalue weighted by atomic mass is 19.1. The molecule has 0 bridgehead atoms. The van der Waals surface area contributed by atoms with Crippen LogP contribution >= 0.6 is 0 Å². The number of piperidine rings is 1. The average molecular weight is 385 g/mol. The Kier molecular flexibility index (Phi) is 4.65. The van der Waals surface area contributed by atoms with Gasteiger partial charge in [-0.25, -0.2) is 8.78 Å².